The van der Waals surface area contributed by atoms with Crippen molar-refractivity contribution in [2.75, 3.05) is 7.11 Å². The molecule has 0 bridgehead atoms. The average Bonchev–Trinajstić information content (AvgIpc) is 2.86. The number of ether oxygens (including phenoxy) is 1. The molecule has 4 heteroatoms. The number of methoxy groups -OCH3 is 1. The summed E-state index contributed by atoms with van der Waals surface area (Å²) in [6.07, 6.45) is 1.76. The van der Waals surface area contributed by atoms with Crippen molar-refractivity contribution < 1.29 is 9.53 Å². The SMILES string of the molecule is CCC(NC(CC(C)C)C(=O)OC)c1cccs1. The van der Waals surface area contributed by atoms with Gasteiger partial charge in [0.15, 0.2) is 0 Å². The molecule has 3 nitrogen and oxygen atoms in total. The monoisotopic (exact) mass is 269 g/mol. The number of hydrogen-bond acceptors (Lipinski definition) is 4. The fourth-order valence-electron chi connectivity index (χ4n) is 1.98. The Kier molecular flexibility index (Phi) is 6.36. The second-order valence-electron chi connectivity index (χ2n) is 4.85. The van der Waals surface area contributed by atoms with Crippen molar-refractivity contribution in [2.24, 2.45) is 5.92 Å². The van der Waals surface area contributed by atoms with Crippen molar-refractivity contribution in [2.45, 2.75) is 45.7 Å². The molecule has 1 N–H and O–H groups in total. The second-order valence-corrected chi connectivity index (χ2v) is 5.83. The molecule has 0 amide bonds. The van der Waals surface area contributed by atoms with E-state index in [4.69, 9.17) is 4.74 Å². The van der Waals surface area contributed by atoms with E-state index in [0.29, 0.717) is 5.92 Å². The van der Waals surface area contributed by atoms with Crippen LogP contribution in [0.3, 0.4) is 0 Å². The molecule has 0 spiro atoms. The lowest BCUT2D eigenvalue weighted by Crippen LogP contribution is -2.40. The maximum absolute atomic E-state index is 11.8. The van der Waals surface area contributed by atoms with Crippen LogP contribution in [0.2, 0.25) is 0 Å². The Balaban J connectivity index is 2.71. The average molecular weight is 269 g/mol. The fourth-order valence-corrected chi connectivity index (χ4v) is 2.85. The standard InChI is InChI=1S/C14H23NO2S/c1-5-11(13-7-6-8-18-13)15-12(9-10(2)3)14(16)17-4/h6-8,10-12,15H,5,9H2,1-4H3. The van der Waals surface area contributed by atoms with Gasteiger partial charge >= 0.3 is 5.97 Å². The summed E-state index contributed by atoms with van der Waals surface area (Å²) in [6, 6.07) is 4.16. The number of carbonyl (C=O) groups is 1. The van der Waals surface area contributed by atoms with Gasteiger partial charge in [-0.25, -0.2) is 0 Å². The Hall–Kier alpha value is -0.870. The molecule has 1 aromatic heterocycles. The maximum atomic E-state index is 11.8. The van der Waals surface area contributed by atoms with Crippen LogP contribution >= 0.6 is 11.3 Å². The summed E-state index contributed by atoms with van der Waals surface area (Å²) in [7, 11) is 1.45. The Bertz CT molecular complexity index is 349. The molecular formula is C14H23NO2S. The van der Waals surface area contributed by atoms with Crippen LogP contribution in [0.25, 0.3) is 0 Å². The van der Waals surface area contributed by atoms with E-state index in [0.717, 1.165) is 12.8 Å². The Morgan fingerprint density at radius 2 is 2.22 bits per heavy atom. The first-order valence-corrected chi connectivity index (χ1v) is 7.33. The van der Waals surface area contributed by atoms with Gasteiger partial charge in [0.25, 0.3) is 0 Å². The van der Waals surface area contributed by atoms with Crippen LogP contribution in [0.5, 0.6) is 0 Å². The molecule has 1 rings (SSSR count). The van der Waals surface area contributed by atoms with Gasteiger partial charge in [0, 0.05) is 10.9 Å². The number of esters is 1. The van der Waals surface area contributed by atoms with Gasteiger partial charge in [-0.1, -0.05) is 26.8 Å². The largest absolute Gasteiger partial charge is 0.468 e. The minimum Gasteiger partial charge on any atom is -0.468 e. The van der Waals surface area contributed by atoms with Crippen molar-refractivity contribution in [1.82, 2.24) is 5.32 Å². The molecule has 0 aliphatic carbocycles. The van der Waals surface area contributed by atoms with Gasteiger partial charge in [0.05, 0.1) is 7.11 Å². The Labute approximate surface area is 114 Å². The Morgan fingerprint density at radius 1 is 1.50 bits per heavy atom. The summed E-state index contributed by atoms with van der Waals surface area (Å²) in [6.45, 7) is 6.36. The number of nitrogens with one attached hydrogen (secondary N) is 1. The highest BCUT2D eigenvalue weighted by atomic mass is 32.1. The molecular weight excluding hydrogens is 246 g/mol. The molecule has 18 heavy (non-hydrogen) atoms. The normalized spacial score (nSPS) is 14.5. The summed E-state index contributed by atoms with van der Waals surface area (Å²) < 4.78 is 4.88. The predicted molar refractivity (Wildman–Crippen MR) is 75.7 cm³/mol. The van der Waals surface area contributed by atoms with Gasteiger partial charge < -0.3 is 4.74 Å². The zero-order valence-electron chi connectivity index (χ0n) is 11.6. The molecule has 2 atom stereocenters. The van der Waals surface area contributed by atoms with Crippen LogP contribution in [0.15, 0.2) is 17.5 Å². The van der Waals surface area contributed by atoms with Crippen LogP contribution in [-0.2, 0) is 9.53 Å². The molecule has 0 radical (unpaired) electrons. The number of carbonyl (C=O) groups excluding carboxylic acids is 1. The van der Waals surface area contributed by atoms with Crippen molar-refractivity contribution in [3.05, 3.63) is 22.4 Å². The van der Waals surface area contributed by atoms with Gasteiger partial charge in [-0.3, -0.25) is 10.1 Å². The van der Waals surface area contributed by atoms with Gasteiger partial charge in [-0.05, 0) is 30.2 Å². The molecule has 1 heterocycles. The molecule has 0 aliphatic rings. The first-order valence-electron chi connectivity index (χ1n) is 6.45. The number of rotatable bonds is 7. The van der Waals surface area contributed by atoms with Gasteiger partial charge in [-0.2, -0.15) is 0 Å². The van der Waals surface area contributed by atoms with Gasteiger partial charge in [0.2, 0.25) is 0 Å². The molecule has 1 aromatic rings. The third-order valence-electron chi connectivity index (χ3n) is 2.89. The predicted octanol–water partition coefficient (Wildman–Crippen LogP) is 3.38. The van der Waals surface area contributed by atoms with Crippen LogP contribution in [0.1, 0.15) is 44.5 Å². The first-order chi connectivity index (χ1) is 8.58. The number of hydrogen-bond donors (Lipinski definition) is 1. The minimum absolute atomic E-state index is 0.168. The quantitative estimate of drug-likeness (QED) is 0.771. The highest BCUT2D eigenvalue weighted by Gasteiger charge is 2.24. The first kappa shape index (κ1) is 15.2. The lowest BCUT2D eigenvalue weighted by atomic mass is 10.0. The minimum atomic E-state index is -0.220. The van der Waals surface area contributed by atoms with E-state index in [9.17, 15) is 4.79 Å². The molecule has 102 valence electrons. The summed E-state index contributed by atoms with van der Waals surface area (Å²) >= 11 is 1.72. The maximum Gasteiger partial charge on any atom is 0.322 e. The highest BCUT2D eigenvalue weighted by molar-refractivity contribution is 7.10. The smallest absolute Gasteiger partial charge is 0.322 e. The third kappa shape index (κ3) is 4.42. The van der Waals surface area contributed by atoms with E-state index in [1.165, 1.54) is 12.0 Å². The molecule has 2 unspecified atom stereocenters. The fraction of sp³-hybridized carbons (Fsp3) is 0.643. The van der Waals surface area contributed by atoms with Crippen molar-refractivity contribution in [1.29, 1.82) is 0 Å². The van der Waals surface area contributed by atoms with Crippen LogP contribution in [0, 0.1) is 5.92 Å². The number of thiophene rings is 1. The summed E-state index contributed by atoms with van der Waals surface area (Å²) in [5, 5.41) is 5.49. The van der Waals surface area contributed by atoms with E-state index >= 15 is 0 Å². The summed E-state index contributed by atoms with van der Waals surface area (Å²) in [5.41, 5.74) is 0. The highest BCUT2D eigenvalue weighted by Crippen LogP contribution is 2.23. The van der Waals surface area contributed by atoms with E-state index in [2.05, 4.69) is 37.5 Å². The van der Waals surface area contributed by atoms with Gasteiger partial charge in [0.1, 0.15) is 6.04 Å². The zero-order valence-corrected chi connectivity index (χ0v) is 12.4. The van der Waals surface area contributed by atoms with Crippen LogP contribution < -0.4 is 5.32 Å². The third-order valence-corrected chi connectivity index (χ3v) is 3.88. The topological polar surface area (TPSA) is 38.3 Å². The van der Waals surface area contributed by atoms with Crippen molar-refractivity contribution >= 4 is 17.3 Å². The summed E-state index contributed by atoms with van der Waals surface area (Å²) in [5.74, 6) is 0.293. The van der Waals surface area contributed by atoms with Crippen LogP contribution in [0.4, 0.5) is 0 Å². The van der Waals surface area contributed by atoms with Crippen LogP contribution in [-0.4, -0.2) is 19.1 Å². The molecule has 0 aliphatic heterocycles. The summed E-state index contributed by atoms with van der Waals surface area (Å²) in [4.78, 5) is 13.1. The van der Waals surface area contributed by atoms with Gasteiger partial charge in [-0.15, -0.1) is 11.3 Å². The molecule has 0 saturated heterocycles. The van der Waals surface area contributed by atoms with E-state index in [1.54, 1.807) is 11.3 Å². The molecule has 0 fully saturated rings. The van der Waals surface area contributed by atoms with Crippen molar-refractivity contribution in [3.63, 3.8) is 0 Å². The van der Waals surface area contributed by atoms with E-state index < -0.39 is 0 Å². The molecule has 0 saturated carbocycles. The lowest BCUT2D eigenvalue weighted by Gasteiger charge is -2.24. The lowest BCUT2D eigenvalue weighted by molar-refractivity contribution is -0.143. The van der Waals surface area contributed by atoms with E-state index in [1.807, 2.05) is 6.07 Å². The Morgan fingerprint density at radius 3 is 2.67 bits per heavy atom. The van der Waals surface area contributed by atoms with Crippen molar-refractivity contribution in [3.8, 4) is 0 Å². The zero-order chi connectivity index (χ0) is 13.5. The second kappa shape index (κ2) is 7.54. The van der Waals surface area contributed by atoms with E-state index in [-0.39, 0.29) is 18.1 Å². The molecule has 0 aromatic carbocycles.